The third-order valence-electron chi connectivity index (χ3n) is 6.49. The molecule has 0 saturated heterocycles. The molecule has 0 heterocycles. The van der Waals surface area contributed by atoms with Gasteiger partial charge >= 0.3 is 0 Å². The number of hydrogen-bond donors (Lipinski definition) is 0. The van der Waals surface area contributed by atoms with Crippen molar-refractivity contribution >= 4 is 0 Å². The SMILES string of the molecule is C=C(C)CCCC1C(C)CCC2C(C)CCCC12C. The molecule has 2 aliphatic rings. The van der Waals surface area contributed by atoms with Gasteiger partial charge in [-0.25, -0.2) is 0 Å². The van der Waals surface area contributed by atoms with E-state index in [1.54, 1.807) is 0 Å². The number of hydrogen-bond acceptors (Lipinski definition) is 0. The van der Waals surface area contributed by atoms with E-state index >= 15 is 0 Å². The van der Waals surface area contributed by atoms with E-state index in [9.17, 15) is 0 Å². The van der Waals surface area contributed by atoms with Crippen molar-refractivity contribution in [1.29, 1.82) is 0 Å². The van der Waals surface area contributed by atoms with Gasteiger partial charge in [-0.05, 0) is 68.1 Å². The predicted molar refractivity (Wildman–Crippen MR) is 85.2 cm³/mol. The Morgan fingerprint density at radius 2 is 1.89 bits per heavy atom. The summed E-state index contributed by atoms with van der Waals surface area (Å²) in [6.07, 6.45) is 11.4. The van der Waals surface area contributed by atoms with Gasteiger partial charge in [-0.1, -0.05) is 45.6 Å². The molecule has 0 N–H and O–H groups in total. The summed E-state index contributed by atoms with van der Waals surface area (Å²) in [4.78, 5) is 0. The lowest BCUT2D eigenvalue weighted by molar-refractivity contribution is -0.0602. The summed E-state index contributed by atoms with van der Waals surface area (Å²) in [6.45, 7) is 13.9. The molecule has 2 fully saturated rings. The van der Waals surface area contributed by atoms with Crippen LogP contribution < -0.4 is 0 Å². The summed E-state index contributed by atoms with van der Waals surface area (Å²) < 4.78 is 0. The first-order valence-corrected chi connectivity index (χ1v) is 8.59. The van der Waals surface area contributed by atoms with Crippen molar-refractivity contribution in [3.63, 3.8) is 0 Å². The second-order valence-corrected chi connectivity index (χ2v) is 7.99. The molecule has 5 atom stereocenters. The van der Waals surface area contributed by atoms with Gasteiger partial charge in [-0.15, -0.1) is 6.58 Å². The summed E-state index contributed by atoms with van der Waals surface area (Å²) in [6, 6.07) is 0. The number of rotatable bonds is 4. The molecule has 0 aromatic rings. The van der Waals surface area contributed by atoms with E-state index in [-0.39, 0.29) is 0 Å². The van der Waals surface area contributed by atoms with Crippen LogP contribution in [-0.2, 0) is 0 Å². The first kappa shape index (κ1) is 15.1. The van der Waals surface area contributed by atoms with Crippen LogP contribution in [0, 0.1) is 29.1 Å². The third kappa shape index (κ3) is 3.09. The molecule has 110 valence electrons. The van der Waals surface area contributed by atoms with Crippen LogP contribution in [0.4, 0.5) is 0 Å². The van der Waals surface area contributed by atoms with E-state index < -0.39 is 0 Å². The van der Waals surface area contributed by atoms with Gasteiger partial charge in [-0.2, -0.15) is 0 Å². The van der Waals surface area contributed by atoms with Crippen molar-refractivity contribution in [2.24, 2.45) is 29.1 Å². The summed E-state index contributed by atoms with van der Waals surface area (Å²) in [5.74, 6) is 3.88. The summed E-state index contributed by atoms with van der Waals surface area (Å²) in [5.41, 5.74) is 2.01. The molecule has 0 aromatic carbocycles. The highest BCUT2D eigenvalue weighted by Crippen LogP contribution is 2.58. The maximum absolute atomic E-state index is 4.07. The largest absolute Gasteiger partial charge is 0.100 e. The van der Waals surface area contributed by atoms with E-state index in [0.29, 0.717) is 5.41 Å². The maximum atomic E-state index is 4.07. The topological polar surface area (TPSA) is 0 Å². The minimum absolute atomic E-state index is 0.643. The van der Waals surface area contributed by atoms with Crippen LogP contribution in [-0.4, -0.2) is 0 Å². The Bertz CT molecular complexity index is 316. The van der Waals surface area contributed by atoms with Crippen LogP contribution >= 0.6 is 0 Å². The van der Waals surface area contributed by atoms with E-state index in [1.165, 1.54) is 56.9 Å². The fraction of sp³-hybridized carbons (Fsp3) is 0.895. The van der Waals surface area contributed by atoms with E-state index in [1.807, 2.05) is 0 Å². The number of allylic oxidation sites excluding steroid dienone is 1. The molecule has 0 spiro atoms. The van der Waals surface area contributed by atoms with Crippen LogP contribution in [0.25, 0.3) is 0 Å². The fourth-order valence-corrected chi connectivity index (χ4v) is 5.45. The maximum Gasteiger partial charge on any atom is -0.0264 e. The molecule has 0 heteroatoms. The van der Waals surface area contributed by atoms with Crippen molar-refractivity contribution in [2.45, 2.75) is 79.1 Å². The van der Waals surface area contributed by atoms with Crippen molar-refractivity contribution < 1.29 is 0 Å². The van der Waals surface area contributed by atoms with Crippen LogP contribution in [0.3, 0.4) is 0 Å². The van der Waals surface area contributed by atoms with E-state index in [4.69, 9.17) is 0 Å². The van der Waals surface area contributed by atoms with Gasteiger partial charge in [0.05, 0.1) is 0 Å². The highest BCUT2D eigenvalue weighted by Gasteiger charge is 2.49. The van der Waals surface area contributed by atoms with Gasteiger partial charge in [0.1, 0.15) is 0 Å². The van der Waals surface area contributed by atoms with Crippen molar-refractivity contribution in [2.75, 3.05) is 0 Å². The van der Waals surface area contributed by atoms with Gasteiger partial charge in [0, 0.05) is 0 Å². The van der Waals surface area contributed by atoms with Crippen LogP contribution in [0.2, 0.25) is 0 Å². The van der Waals surface area contributed by atoms with Gasteiger partial charge in [-0.3, -0.25) is 0 Å². The van der Waals surface area contributed by atoms with Gasteiger partial charge in [0.15, 0.2) is 0 Å². The smallest absolute Gasteiger partial charge is 0.0264 e. The Morgan fingerprint density at radius 3 is 2.58 bits per heavy atom. The third-order valence-corrected chi connectivity index (χ3v) is 6.49. The molecule has 0 aromatic heterocycles. The molecule has 2 aliphatic carbocycles. The zero-order valence-corrected chi connectivity index (χ0v) is 13.7. The van der Waals surface area contributed by atoms with Crippen LogP contribution in [0.1, 0.15) is 79.1 Å². The Hall–Kier alpha value is -0.260. The van der Waals surface area contributed by atoms with Gasteiger partial charge in [0.25, 0.3) is 0 Å². The molecule has 0 bridgehead atoms. The fourth-order valence-electron chi connectivity index (χ4n) is 5.45. The monoisotopic (exact) mass is 262 g/mol. The summed E-state index contributed by atoms with van der Waals surface area (Å²) >= 11 is 0. The molecular formula is C19H34. The van der Waals surface area contributed by atoms with E-state index in [2.05, 4.69) is 34.3 Å². The highest BCUT2D eigenvalue weighted by molar-refractivity contribution is 4.99. The molecular weight excluding hydrogens is 228 g/mol. The lowest BCUT2D eigenvalue weighted by atomic mass is 9.49. The molecule has 2 saturated carbocycles. The Labute approximate surface area is 121 Å². The lowest BCUT2D eigenvalue weighted by Crippen LogP contribution is -2.47. The first-order chi connectivity index (χ1) is 8.95. The highest BCUT2D eigenvalue weighted by atomic mass is 14.5. The van der Waals surface area contributed by atoms with Crippen LogP contribution in [0.5, 0.6) is 0 Å². The normalized spacial score (nSPS) is 42.7. The first-order valence-electron chi connectivity index (χ1n) is 8.59. The molecule has 0 amide bonds. The quantitative estimate of drug-likeness (QED) is 0.527. The van der Waals surface area contributed by atoms with Crippen molar-refractivity contribution in [3.05, 3.63) is 12.2 Å². The summed E-state index contributed by atoms with van der Waals surface area (Å²) in [7, 11) is 0. The zero-order valence-electron chi connectivity index (χ0n) is 13.7. The van der Waals surface area contributed by atoms with Gasteiger partial charge < -0.3 is 0 Å². The predicted octanol–water partition coefficient (Wildman–Crippen LogP) is 6.22. The lowest BCUT2D eigenvalue weighted by Gasteiger charge is -2.55. The van der Waals surface area contributed by atoms with Crippen molar-refractivity contribution in [1.82, 2.24) is 0 Å². The average Bonchev–Trinajstić information content (AvgIpc) is 2.32. The second kappa shape index (κ2) is 6.02. The molecule has 0 radical (unpaired) electrons. The molecule has 0 nitrogen and oxygen atoms in total. The molecule has 5 unspecified atom stereocenters. The Morgan fingerprint density at radius 1 is 1.16 bits per heavy atom. The molecule has 0 aliphatic heterocycles. The van der Waals surface area contributed by atoms with Crippen molar-refractivity contribution in [3.8, 4) is 0 Å². The standard InChI is InChI=1S/C19H34/c1-14(2)8-6-10-17-16(4)11-12-18-15(3)9-7-13-19(17,18)5/h15-18H,1,6-13H2,2-5H3. The average molecular weight is 262 g/mol. The van der Waals surface area contributed by atoms with E-state index in [0.717, 1.165) is 23.7 Å². The minimum Gasteiger partial charge on any atom is -0.100 e. The Balaban J connectivity index is 2.06. The summed E-state index contributed by atoms with van der Waals surface area (Å²) in [5, 5.41) is 0. The second-order valence-electron chi connectivity index (χ2n) is 7.99. The minimum atomic E-state index is 0.643. The van der Waals surface area contributed by atoms with Gasteiger partial charge in [0.2, 0.25) is 0 Å². The zero-order chi connectivity index (χ0) is 14.0. The number of fused-ring (bicyclic) bond motifs is 1. The van der Waals surface area contributed by atoms with Crippen LogP contribution in [0.15, 0.2) is 12.2 Å². The Kier molecular flexibility index (Phi) is 4.79. The molecule has 2 rings (SSSR count). The molecule has 19 heavy (non-hydrogen) atoms.